The molecule has 0 saturated carbocycles. The van der Waals surface area contributed by atoms with E-state index < -0.39 is 0 Å². The first kappa shape index (κ1) is 47.5. The molecule has 0 bridgehead atoms. The molecule has 0 fully saturated rings. The van der Waals surface area contributed by atoms with E-state index in [1.54, 1.807) is 0 Å². The van der Waals surface area contributed by atoms with Gasteiger partial charge in [0.15, 0.2) is 0 Å². The molecular weight excluding hydrogens is 990 g/mol. The van der Waals surface area contributed by atoms with Crippen LogP contribution in [0.5, 0.6) is 0 Å². The Balaban J connectivity index is 1.06. The molecule has 0 radical (unpaired) electrons. The SMILES string of the molecule is Cc1ccc(N2c3cc4c(cc3B3c5c2cc(-c2ccc(C)cc2C)cc5-n2c5ccc(C)cc5c5cc(C)cc3c52)B2c3c(cc(-c5ccc(C)cc5C)cc3-n3c5ccc(C)cc5c5ccc(C)c2c53)N4c2ccc(C)cc2)cc1. The van der Waals surface area contributed by atoms with Crippen molar-refractivity contribution in [3.8, 4) is 33.6 Å². The highest BCUT2D eigenvalue weighted by Gasteiger charge is 2.48. The summed E-state index contributed by atoms with van der Waals surface area (Å²) in [5.74, 6) is 0. The molecule has 390 valence electrons. The van der Waals surface area contributed by atoms with Crippen LogP contribution in [-0.2, 0) is 0 Å². The standard InChI is InChI=1S/C76H60B2N4/c1-41-11-20-53(21-12-41)79-66-40-67-62(39-61(66)77-63-34-47(7)33-60-59-32-46(6)18-28-65(59)81(75(60)63)70-37-51(35-68(79)73(70)77)55-24-15-43(3)29-49(55)9)78-72-48(8)19-26-57-58-31-45(5)17-27-64(58)82(76(57)72)71-38-52(56-25-16-44(4)30-50(56)10)36-69(74(71)78)80(67)54-22-13-42(2)14-23-54/h11-40H,1-10H3. The zero-order chi connectivity index (χ0) is 55.5. The number of benzene rings is 11. The Bertz CT molecular complexity index is 5050. The van der Waals surface area contributed by atoms with Crippen LogP contribution in [0, 0.1) is 69.2 Å². The average molecular weight is 1050 g/mol. The number of nitrogens with zero attached hydrogens (tertiary/aromatic N) is 4. The quantitative estimate of drug-likeness (QED) is 0.163. The highest BCUT2D eigenvalue weighted by Crippen LogP contribution is 2.49. The molecule has 4 aliphatic rings. The first-order valence-corrected chi connectivity index (χ1v) is 29.3. The number of aryl methyl sites for hydroxylation is 10. The first-order chi connectivity index (χ1) is 39.8. The maximum absolute atomic E-state index is 2.70. The Morgan fingerprint density at radius 1 is 0.268 bits per heavy atom. The van der Waals surface area contributed by atoms with Gasteiger partial charge in [-0.1, -0.05) is 142 Å². The van der Waals surface area contributed by atoms with Gasteiger partial charge in [0.2, 0.25) is 0 Å². The Labute approximate surface area is 480 Å². The largest absolute Gasteiger partial charge is 0.311 e. The zero-order valence-electron chi connectivity index (χ0n) is 48.3. The van der Waals surface area contributed by atoms with Crippen molar-refractivity contribution in [1.82, 2.24) is 9.13 Å². The molecule has 13 aromatic rings. The van der Waals surface area contributed by atoms with Crippen LogP contribution in [0.1, 0.15) is 55.6 Å². The van der Waals surface area contributed by atoms with Crippen molar-refractivity contribution in [3.63, 3.8) is 0 Å². The van der Waals surface area contributed by atoms with E-state index in [4.69, 9.17) is 0 Å². The van der Waals surface area contributed by atoms with E-state index in [1.807, 2.05) is 0 Å². The lowest BCUT2D eigenvalue weighted by atomic mass is 9.30. The van der Waals surface area contributed by atoms with Crippen LogP contribution in [0.2, 0.25) is 0 Å². The normalized spacial score (nSPS) is 13.4. The third kappa shape index (κ3) is 6.41. The topological polar surface area (TPSA) is 16.3 Å². The van der Waals surface area contributed by atoms with Crippen molar-refractivity contribution < 1.29 is 0 Å². The van der Waals surface area contributed by atoms with Crippen LogP contribution in [0.15, 0.2) is 182 Å². The molecule has 11 aromatic carbocycles. The van der Waals surface area contributed by atoms with Gasteiger partial charge in [0, 0.05) is 78.1 Å². The minimum atomic E-state index is -0.0732. The summed E-state index contributed by atoms with van der Waals surface area (Å²) in [7, 11) is 0. The Morgan fingerprint density at radius 3 is 1.27 bits per heavy atom. The van der Waals surface area contributed by atoms with E-state index in [0.29, 0.717) is 0 Å². The summed E-state index contributed by atoms with van der Waals surface area (Å²) in [4.78, 5) is 5.28. The lowest BCUT2D eigenvalue weighted by Gasteiger charge is -2.45. The molecule has 6 heterocycles. The Kier molecular flexibility index (Phi) is 9.67. The van der Waals surface area contributed by atoms with E-state index >= 15 is 0 Å². The summed E-state index contributed by atoms with van der Waals surface area (Å²) in [6, 6.07) is 71.9. The van der Waals surface area contributed by atoms with Crippen LogP contribution in [0.25, 0.3) is 77.2 Å². The summed E-state index contributed by atoms with van der Waals surface area (Å²) in [6.45, 7) is 22.4. The van der Waals surface area contributed by atoms with Gasteiger partial charge >= 0.3 is 0 Å². The molecular formula is C76H60B2N4. The smallest absolute Gasteiger partial charge is 0.252 e. The summed E-state index contributed by atoms with van der Waals surface area (Å²) in [5, 5.41) is 5.24. The molecule has 0 aliphatic carbocycles. The maximum Gasteiger partial charge on any atom is 0.252 e. The fourth-order valence-corrected chi connectivity index (χ4v) is 15.6. The van der Waals surface area contributed by atoms with Gasteiger partial charge < -0.3 is 18.9 Å². The first-order valence-electron chi connectivity index (χ1n) is 29.3. The van der Waals surface area contributed by atoms with Crippen molar-refractivity contribution in [2.45, 2.75) is 69.2 Å². The van der Waals surface area contributed by atoms with Gasteiger partial charge in [-0.25, -0.2) is 0 Å². The lowest BCUT2D eigenvalue weighted by Crippen LogP contribution is -2.65. The minimum Gasteiger partial charge on any atom is -0.311 e. The van der Waals surface area contributed by atoms with Crippen LogP contribution >= 0.6 is 0 Å². The minimum absolute atomic E-state index is 0.0714. The van der Waals surface area contributed by atoms with E-state index in [9.17, 15) is 0 Å². The molecule has 17 rings (SSSR count). The predicted octanol–water partition coefficient (Wildman–Crippen LogP) is 15.5. The second-order valence-corrected chi connectivity index (χ2v) is 24.8. The molecule has 0 saturated heterocycles. The number of anilines is 6. The number of aromatic nitrogens is 2. The molecule has 4 aliphatic heterocycles. The van der Waals surface area contributed by atoms with Crippen LogP contribution < -0.4 is 42.6 Å². The monoisotopic (exact) mass is 1050 g/mol. The van der Waals surface area contributed by atoms with Crippen molar-refractivity contribution in [2.24, 2.45) is 0 Å². The highest BCUT2D eigenvalue weighted by molar-refractivity contribution is 7.03. The number of fused-ring (bicyclic) bond motifs is 14. The number of rotatable bonds is 4. The third-order valence-electron chi connectivity index (χ3n) is 19.2. The fourth-order valence-electron chi connectivity index (χ4n) is 15.6. The van der Waals surface area contributed by atoms with Gasteiger partial charge in [-0.15, -0.1) is 0 Å². The van der Waals surface area contributed by atoms with Crippen LogP contribution in [0.4, 0.5) is 34.1 Å². The van der Waals surface area contributed by atoms with Crippen molar-refractivity contribution in [1.29, 1.82) is 0 Å². The molecule has 4 nitrogen and oxygen atoms in total. The molecule has 0 atom stereocenters. The van der Waals surface area contributed by atoms with Crippen LogP contribution in [-0.4, -0.2) is 22.6 Å². The summed E-state index contributed by atoms with van der Waals surface area (Å²) < 4.78 is 5.28. The predicted molar refractivity (Wildman–Crippen MR) is 352 cm³/mol. The van der Waals surface area contributed by atoms with Crippen molar-refractivity contribution >= 4 is 124 Å². The lowest BCUT2D eigenvalue weighted by molar-refractivity contribution is 1.17. The van der Waals surface area contributed by atoms with Gasteiger partial charge in [-0.3, -0.25) is 0 Å². The van der Waals surface area contributed by atoms with Gasteiger partial charge in [0.05, 0.1) is 11.0 Å². The molecule has 0 N–H and O–H groups in total. The zero-order valence-corrected chi connectivity index (χ0v) is 48.3. The van der Waals surface area contributed by atoms with Crippen molar-refractivity contribution in [3.05, 3.63) is 238 Å². The van der Waals surface area contributed by atoms with Gasteiger partial charge in [0.25, 0.3) is 13.4 Å². The molecule has 0 amide bonds. The van der Waals surface area contributed by atoms with Gasteiger partial charge in [-0.2, -0.15) is 0 Å². The van der Waals surface area contributed by atoms with E-state index in [1.165, 1.54) is 188 Å². The number of hydrogen-bond donors (Lipinski definition) is 0. The van der Waals surface area contributed by atoms with E-state index in [2.05, 4.69) is 270 Å². The summed E-state index contributed by atoms with van der Waals surface area (Å²) >= 11 is 0. The fraction of sp³-hybridized carbons (Fsp3) is 0.132. The number of hydrogen-bond acceptors (Lipinski definition) is 2. The molecule has 2 aromatic heterocycles. The van der Waals surface area contributed by atoms with Crippen molar-refractivity contribution in [2.75, 3.05) is 9.80 Å². The van der Waals surface area contributed by atoms with Crippen LogP contribution in [0.3, 0.4) is 0 Å². The second-order valence-electron chi connectivity index (χ2n) is 24.8. The Hall–Kier alpha value is -9.25. The summed E-state index contributed by atoms with van der Waals surface area (Å²) in [6.07, 6.45) is 0. The molecule has 0 unspecified atom stereocenters. The average Bonchev–Trinajstić information content (AvgIpc) is 1.60. The molecule has 0 spiro atoms. The second kappa shape index (κ2) is 16.7. The Morgan fingerprint density at radius 2 is 0.720 bits per heavy atom. The molecule has 6 heteroatoms. The highest BCUT2D eigenvalue weighted by atomic mass is 15.2. The van der Waals surface area contributed by atoms with E-state index in [-0.39, 0.29) is 13.4 Å². The van der Waals surface area contributed by atoms with E-state index in [0.717, 1.165) is 11.4 Å². The third-order valence-corrected chi connectivity index (χ3v) is 19.2. The summed E-state index contributed by atoms with van der Waals surface area (Å²) in [5.41, 5.74) is 40.6. The van der Waals surface area contributed by atoms with Gasteiger partial charge in [0.1, 0.15) is 0 Å². The molecule has 82 heavy (non-hydrogen) atoms. The maximum atomic E-state index is 2.70. The van der Waals surface area contributed by atoms with Gasteiger partial charge in [-0.05, 0) is 220 Å².